The standard InChI is InChI=1S/C11H12ClNO2/c1-3-8-11(2,12)9-4-6-10(7-5-9)13(14)15/h3-7H,1,8H2,2H3. The van der Waals surface area contributed by atoms with Crippen LogP contribution in [-0.4, -0.2) is 4.92 Å². The van der Waals surface area contributed by atoms with Crippen LogP contribution in [0.4, 0.5) is 5.69 Å². The summed E-state index contributed by atoms with van der Waals surface area (Å²) in [5.41, 5.74) is 0.930. The van der Waals surface area contributed by atoms with E-state index >= 15 is 0 Å². The highest BCUT2D eigenvalue weighted by Crippen LogP contribution is 2.33. The Balaban J connectivity index is 2.97. The summed E-state index contributed by atoms with van der Waals surface area (Å²) in [6.45, 7) is 5.48. The van der Waals surface area contributed by atoms with Crippen molar-refractivity contribution < 1.29 is 4.92 Å². The van der Waals surface area contributed by atoms with E-state index in [-0.39, 0.29) is 5.69 Å². The van der Waals surface area contributed by atoms with Gasteiger partial charge in [-0.1, -0.05) is 18.2 Å². The monoisotopic (exact) mass is 225 g/mol. The lowest BCUT2D eigenvalue weighted by Crippen LogP contribution is -2.12. The van der Waals surface area contributed by atoms with Crippen molar-refractivity contribution in [3.63, 3.8) is 0 Å². The average molecular weight is 226 g/mol. The molecule has 0 bridgehead atoms. The van der Waals surface area contributed by atoms with Crippen LogP contribution >= 0.6 is 11.6 Å². The largest absolute Gasteiger partial charge is 0.269 e. The predicted octanol–water partition coefficient (Wildman–Crippen LogP) is 3.62. The van der Waals surface area contributed by atoms with E-state index in [1.165, 1.54) is 12.1 Å². The fraction of sp³-hybridized carbons (Fsp3) is 0.273. The molecule has 3 nitrogen and oxygen atoms in total. The molecule has 1 aromatic rings. The van der Waals surface area contributed by atoms with Crippen LogP contribution in [0.3, 0.4) is 0 Å². The summed E-state index contributed by atoms with van der Waals surface area (Å²) in [7, 11) is 0. The third kappa shape index (κ3) is 2.80. The van der Waals surface area contributed by atoms with Gasteiger partial charge in [0.2, 0.25) is 0 Å². The van der Waals surface area contributed by atoms with Crippen molar-refractivity contribution in [1.82, 2.24) is 0 Å². The normalized spacial score (nSPS) is 14.3. The third-order valence-electron chi connectivity index (χ3n) is 2.21. The van der Waals surface area contributed by atoms with Gasteiger partial charge < -0.3 is 0 Å². The van der Waals surface area contributed by atoms with E-state index in [1.54, 1.807) is 18.2 Å². The molecule has 0 aliphatic heterocycles. The van der Waals surface area contributed by atoms with Crippen molar-refractivity contribution >= 4 is 17.3 Å². The van der Waals surface area contributed by atoms with Gasteiger partial charge in [-0.25, -0.2) is 0 Å². The van der Waals surface area contributed by atoms with Crippen LogP contribution in [-0.2, 0) is 4.87 Å². The molecule has 0 saturated heterocycles. The Morgan fingerprint density at radius 1 is 1.53 bits per heavy atom. The van der Waals surface area contributed by atoms with Crippen molar-refractivity contribution in [2.75, 3.05) is 0 Å². The van der Waals surface area contributed by atoms with Crippen LogP contribution < -0.4 is 0 Å². The number of benzene rings is 1. The number of halogens is 1. The summed E-state index contributed by atoms with van der Waals surface area (Å²) in [5, 5.41) is 10.4. The summed E-state index contributed by atoms with van der Waals surface area (Å²) in [5.74, 6) is 0. The zero-order valence-electron chi connectivity index (χ0n) is 8.44. The summed E-state index contributed by atoms with van der Waals surface area (Å²) in [6, 6.07) is 6.27. The molecule has 1 atom stereocenters. The Labute approximate surface area is 93.5 Å². The summed E-state index contributed by atoms with van der Waals surface area (Å²) < 4.78 is 0. The van der Waals surface area contributed by atoms with Gasteiger partial charge in [0.05, 0.1) is 9.80 Å². The zero-order chi connectivity index (χ0) is 11.5. The van der Waals surface area contributed by atoms with Crippen LogP contribution in [0.5, 0.6) is 0 Å². The first-order chi connectivity index (χ1) is 6.97. The lowest BCUT2D eigenvalue weighted by Gasteiger charge is -2.20. The number of hydrogen-bond acceptors (Lipinski definition) is 2. The molecule has 1 rings (SSSR count). The van der Waals surface area contributed by atoms with Gasteiger partial charge in [-0.15, -0.1) is 18.2 Å². The van der Waals surface area contributed by atoms with E-state index in [2.05, 4.69) is 6.58 Å². The molecule has 1 aromatic carbocycles. The maximum Gasteiger partial charge on any atom is 0.269 e. The van der Waals surface area contributed by atoms with Gasteiger partial charge in [0.15, 0.2) is 0 Å². The fourth-order valence-electron chi connectivity index (χ4n) is 1.32. The average Bonchev–Trinajstić information content (AvgIpc) is 2.18. The minimum Gasteiger partial charge on any atom is -0.258 e. The third-order valence-corrected chi connectivity index (χ3v) is 2.58. The summed E-state index contributed by atoms with van der Waals surface area (Å²) in [6.07, 6.45) is 2.35. The van der Waals surface area contributed by atoms with Gasteiger partial charge >= 0.3 is 0 Å². The SMILES string of the molecule is C=CCC(C)(Cl)c1ccc([N+](=O)[O-])cc1. The van der Waals surface area contributed by atoms with Gasteiger partial charge in [0, 0.05) is 12.1 Å². The molecule has 0 saturated carbocycles. The lowest BCUT2D eigenvalue weighted by molar-refractivity contribution is -0.384. The molecule has 0 aromatic heterocycles. The second kappa shape index (κ2) is 4.45. The fourth-order valence-corrected chi connectivity index (χ4v) is 1.55. The van der Waals surface area contributed by atoms with Crippen LogP contribution in [0.1, 0.15) is 18.9 Å². The second-order valence-electron chi connectivity index (χ2n) is 3.49. The highest BCUT2D eigenvalue weighted by molar-refractivity contribution is 6.23. The van der Waals surface area contributed by atoms with Crippen molar-refractivity contribution in [3.8, 4) is 0 Å². The van der Waals surface area contributed by atoms with Crippen LogP contribution in [0.25, 0.3) is 0 Å². The predicted molar refractivity (Wildman–Crippen MR) is 61.1 cm³/mol. The first-order valence-corrected chi connectivity index (χ1v) is 4.90. The summed E-state index contributed by atoms with van der Waals surface area (Å²) in [4.78, 5) is 9.47. The topological polar surface area (TPSA) is 43.1 Å². The molecule has 0 amide bonds. The Kier molecular flexibility index (Phi) is 3.48. The van der Waals surface area contributed by atoms with Crippen molar-refractivity contribution in [3.05, 3.63) is 52.6 Å². The van der Waals surface area contributed by atoms with E-state index < -0.39 is 9.80 Å². The maximum absolute atomic E-state index is 10.4. The first kappa shape index (κ1) is 11.7. The van der Waals surface area contributed by atoms with Gasteiger partial charge in [-0.3, -0.25) is 10.1 Å². The molecule has 0 aliphatic rings. The van der Waals surface area contributed by atoms with Crippen molar-refractivity contribution in [1.29, 1.82) is 0 Å². The Morgan fingerprint density at radius 2 is 2.07 bits per heavy atom. The molecule has 0 N–H and O–H groups in total. The molecule has 4 heteroatoms. The minimum atomic E-state index is -0.545. The van der Waals surface area contributed by atoms with Gasteiger partial charge in [0.25, 0.3) is 5.69 Å². The molecule has 15 heavy (non-hydrogen) atoms. The highest BCUT2D eigenvalue weighted by atomic mass is 35.5. The first-order valence-electron chi connectivity index (χ1n) is 4.52. The van der Waals surface area contributed by atoms with Crippen LogP contribution in [0.15, 0.2) is 36.9 Å². The van der Waals surface area contributed by atoms with E-state index in [0.29, 0.717) is 6.42 Å². The van der Waals surface area contributed by atoms with E-state index in [0.717, 1.165) is 5.56 Å². The van der Waals surface area contributed by atoms with Gasteiger partial charge in [0.1, 0.15) is 0 Å². The van der Waals surface area contributed by atoms with Crippen molar-refractivity contribution in [2.24, 2.45) is 0 Å². The van der Waals surface area contributed by atoms with E-state index in [9.17, 15) is 10.1 Å². The number of hydrogen-bond donors (Lipinski definition) is 0. The number of allylic oxidation sites excluding steroid dienone is 1. The van der Waals surface area contributed by atoms with Crippen LogP contribution in [0.2, 0.25) is 0 Å². The number of nitrogens with zero attached hydrogens (tertiary/aromatic N) is 1. The minimum absolute atomic E-state index is 0.0739. The smallest absolute Gasteiger partial charge is 0.258 e. The van der Waals surface area contributed by atoms with Gasteiger partial charge in [-0.2, -0.15) is 0 Å². The summed E-state index contributed by atoms with van der Waals surface area (Å²) >= 11 is 6.25. The van der Waals surface area contributed by atoms with Crippen LogP contribution in [0, 0.1) is 10.1 Å². The molecule has 0 fully saturated rings. The Hall–Kier alpha value is -1.35. The molecular formula is C11H12ClNO2. The molecule has 80 valence electrons. The van der Waals surface area contributed by atoms with Gasteiger partial charge in [-0.05, 0) is 18.9 Å². The molecule has 0 spiro atoms. The molecule has 0 radical (unpaired) electrons. The number of rotatable bonds is 4. The number of nitro groups is 1. The Bertz CT molecular complexity index is 371. The molecule has 0 heterocycles. The molecule has 1 unspecified atom stereocenters. The highest BCUT2D eigenvalue weighted by Gasteiger charge is 2.22. The quantitative estimate of drug-likeness (QED) is 0.340. The molecular weight excluding hydrogens is 214 g/mol. The van der Waals surface area contributed by atoms with E-state index in [4.69, 9.17) is 11.6 Å². The maximum atomic E-state index is 10.4. The number of non-ortho nitro benzene ring substituents is 1. The lowest BCUT2D eigenvalue weighted by atomic mass is 9.97. The second-order valence-corrected chi connectivity index (χ2v) is 4.33. The number of nitro benzene ring substituents is 1. The zero-order valence-corrected chi connectivity index (χ0v) is 9.20. The number of alkyl halides is 1. The van der Waals surface area contributed by atoms with E-state index in [1.807, 2.05) is 6.92 Å². The Morgan fingerprint density at radius 3 is 2.47 bits per heavy atom. The van der Waals surface area contributed by atoms with Crippen molar-refractivity contribution in [2.45, 2.75) is 18.2 Å². The molecule has 0 aliphatic carbocycles.